The molecule has 0 heteroatoms. The lowest BCUT2D eigenvalue weighted by Gasteiger charge is -2.11. The molecule has 0 saturated heterocycles. The van der Waals surface area contributed by atoms with Crippen molar-refractivity contribution in [1.82, 2.24) is 0 Å². The number of hydrogen-bond acceptors (Lipinski definition) is 0. The van der Waals surface area contributed by atoms with Crippen molar-refractivity contribution < 1.29 is 0 Å². The highest BCUT2D eigenvalue weighted by molar-refractivity contribution is 5.81. The van der Waals surface area contributed by atoms with Crippen molar-refractivity contribution in [3.63, 3.8) is 0 Å². The fourth-order valence-electron chi connectivity index (χ4n) is 2.87. The van der Waals surface area contributed by atoms with Gasteiger partial charge in [0.05, 0.1) is 0 Å². The van der Waals surface area contributed by atoms with E-state index in [0.29, 0.717) is 0 Å². The molecule has 0 amide bonds. The van der Waals surface area contributed by atoms with Crippen LogP contribution in [0.5, 0.6) is 0 Å². The molecular formula is C16H18. The third kappa shape index (κ3) is 1.73. The molecule has 0 atom stereocenters. The molecule has 0 radical (unpaired) electrons. The summed E-state index contributed by atoms with van der Waals surface area (Å²) in [6.45, 7) is 0. The minimum absolute atomic E-state index is 1.27. The van der Waals surface area contributed by atoms with Gasteiger partial charge in [0.15, 0.2) is 0 Å². The SMILES string of the molecule is C1=C(c2ccccc2C2=CCCC2)CCC1. The van der Waals surface area contributed by atoms with Crippen molar-refractivity contribution in [3.05, 3.63) is 47.5 Å². The Kier molecular flexibility index (Phi) is 2.65. The van der Waals surface area contributed by atoms with Gasteiger partial charge in [0, 0.05) is 0 Å². The van der Waals surface area contributed by atoms with Crippen LogP contribution in [-0.2, 0) is 0 Å². The van der Waals surface area contributed by atoms with Crippen molar-refractivity contribution in [3.8, 4) is 0 Å². The van der Waals surface area contributed by atoms with E-state index in [4.69, 9.17) is 0 Å². The van der Waals surface area contributed by atoms with Gasteiger partial charge >= 0.3 is 0 Å². The van der Waals surface area contributed by atoms with Crippen LogP contribution in [0.1, 0.15) is 49.7 Å². The summed E-state index contributed by atoms with van der Waals surface area (Å²) in [5.74, 6) is 0. The molecule has 2 aliphatic carbocycles. The normalized spacial score (nSPS) is 19.8. The summed E-state index contributed by atoms with van der Waals surface area (Å²) < 4.78 is 0. The predicted octanol–water partition coefficient (Wildman–Crippen LogP) is 4.82. The Balaban J connectivity index is 2.03. The van der Waals surface area contributed by atoms with Crippen LogP contribution in [0.25, 0.3) is 11.1 Å². The smallest absolute Gasteiger partial charge is 0.0152 e. The van der Waals surface area contributed by atoms with E-state index in [1.165, 1.54) is 49.7 Å². The first kappa shape index (κ1) is 9.89. The Morgan fingerprint density at radius 2 is 1.19 bits per heavy atom. The van der Waals surface area contributed by atoms with Gasteiger partial charge < -0.3 is 0 Å². The topological polar surface area (TPSA) is 0 Å². The molecule has 2 aliphatic rings. The zero-order valence-corrected chi connectivity index (χ0v) is 9.71. The standard InChI is InChI=1S/C16H18/c1-2-8-13(7-1)15-11-5-6-12-16(15)14-9-3-4-10-14/h5-7,9,11-12H,1-4,8,10H2. The predicted molar refractivity (Wildman–Crippen MR) is 70.1 cm³/mol. The van der Waals surface area contributed by atoms with Gasteiger partial charge in [0.2, 0.25) is 0 Å². The molecule has 0 saturated carbocycles. The van der Waals surface area contributed by atoms with Crippen LogP contribution in [0.15, 0.2) is 36.4 Å². The maximum atomic E-state index is 2.42. The Morgan fingerprint density at radius 1 is 0.688 bits per heavy atom. The average molecular weight is 210 g/mol. The Morgan fingerprint density at radius 3 is 1.56 bits per heavy atom. The molecule has 16 heavy (non-hydrogen) atoms. The second-order valence-corrected chi connectivity index (χ2v) is 4.79. The van der Waals surface area contributed by atoms with Crippen molar-refractivity contribution in [2.75, 3.05) is 0 Å². The summed E-state index contributed by atoms with van der Waals surface area (Å²) in [7, 11) is 0. The van der Waals surface area contributed by atoms with E-state index >= 15 is 0 Å². The number of hydrogen-bond donors (Lipinski definition) is 0. The minimum atomic E-state index is 1.27. The molecule has 0 aromatic heterocycles. The van der Waals surface area contributed by atoms with Gasteiger partial charge in [-0.05, 0) is 60.8 Å². The fraction of sp³-hybridized carbons (Fsp3) is 0.375. The molecule has 1 aromatic rings. The van der Waals surface area contributed by atoms with E-state index in [1.807, 2.05) is 0 Å². The number of allylic oxidation sites excluding steroid dienone is 4. The first-order valence-electron chi connectivity index (χ1n) is 6.43. The van der Waals surface area contributed by atoms with Crippen molar-refractivity contribution in [2.24, 2.45) is 0 Å². The highest BCUT2D eigenvalue weighted by atomic mass is 14.2. The summed E-state index contributed by atoms with van der Waals surface area (Å²) in [6.07, 6.45) is 12.6. The van der Waals surface area contributed by atoms with Crippen molar-refractivity contribution in [1.29, 1.82) is 0 Å². The average Bonchev–Trinajstić information content (AvgIpc) is 3.03. The molecule has 0 aliphatic heterocycles. The zero-order chi connectivity index (χ0) is 10.8. The second-order valence-electron chi connectivity index (χ2n) is 4.79. The Bertz CT molecular complexity index is 406. The van der Waals surface area contributed by atoms with Crippen LogP contribution in [0.4, 0.5) is 0 Å². The van der Waals surface area contributed by atoms with Crippen LogP contribution in [-0.4, -0.2) is 0 Å². The quantitative estimate of drug-likeness (QED) is 0.656. The van der Waals surface area contributed by atoms with E-state index < -0.39 is 0 Å². The van der Waals surface area contributed by atoms with E-state index in [1.54, 1.807) is 11.1 Å². The highest BCUT2D eigenvalue weighted by Gasteiger charge is 2.15. The molecule has 0 bridgehead atoms. The van der Waals surface area contributed by atoms with E-state index in [2.05, 4.69) is 36.4 Å². The molecule has 0 heterocycles. The Labute approximate surface area is 97.7 Å². The molecule has 0 spiro atoms. The zero-order valence-electron chi connectivity index (χ0n) is 9.71. The molecule has 82 valence electrons. The van der Waals surface area contributed by atoms with Crippen LogP contribution < -0.4 is 0 Å². The lowest BCUT2D eigenvalue weighted by atomic mass is 9.94. The third-order valence-corrected chi connectivity index (χ3v) is 3.70. The lowest BCUT2D eigenvalue weighted by molar-refractivity contribution is 0.932. The van der Waals surface area contributed by atoms with Gasteiger partial charge in [-0.3, -0.25) is 0 Å². The van der Waals surface area contributed by atoms with E-state index in [0.717, 1.165) is 0 Å². The van der Waals surface area contributed by atoms with Gasteiger partial charge in [0.25, 0.3) is 0 Å². The molecule has 0 N–H and O–H groups in total. The van der Waals surface area contributed by atoms with Gasteiger partial charge in [-0.15, -0.1) is 0 Å². The van der Waals surface area contributed by atoms with Gasteiger partial charge in [-0.1, -0.05) is 36.4 Å². The number of rotatable bonds is 2. The van der Waals surface area contributed by atoms with Gasteiger partial charge in [0.1, 0.15) is 0 Å². The summed E-state index contributed by atoms with van der Waals surface area (Å²) in [4.78, 5) is 0. The van der Waals surface area contributed by atoms with Crippen molar-refractivity contribution >= 4 is 11.1 Å². The molecule has 0 nitrogen and oxygen atoms in total. The van der Waals surface area contributed by atoms with Gasteiger partial charge in [-0.2, -0.15) is 0 Å². The molecule has 1 aromatic carbocycles. The second kappa shape index (κ2) is 4.29. The molecule has 0 unspecified atom stereocenters. The Hall–Kier alpha value is -1.30. The summed E-state index contributed by atoms with van der Waals surface area (Å²) in [6, 6.07) is 8.94. The first-order chi connectivity index (χ1) is 7.95. The fourth-order valence-corrected chi connectivity index (χ4v) is 2.87. The molecule has 3 rings (SSSR count). The first-order valence-corrected chi connectivity index (χ1v) is 6.43. The van der Waals surface area contributed by atoms with Crippen LogP contribution in [0, 0.1) is 0 Å². The summed E-state index contributed by atoms with van der Waals surface area (Å²) in [5.41, 5.74) is 6.13. The molecular weight excluding hydrogens is 192 g/mol. The number of benzene rings is 1. The maximum absolute atomic E-state index is 2.42. The van der Waals surface area contributed by atoms with Crippen molar-refractivity contribution in [2.45, 2.75) is 38.5 Å². The van der Waals surface area contributed by atoms with E-state index in [-0.39, 0.29) is 0 Å². The summed E-state index contributed by atoms with van der Waals surface area (Å²) in [5, 5.41) is 0. The lowest BCUT2D eigenvalue weighted by Crippen LogP contribution is -1.90. The van der Waals surface area contributed by atoms with Crippen LogP contribution in [0.2, 0.25) is 0 Å². The monoisotopic (exact) mass is 210 g/mol. The van der Waals surface area contributed by atoms with E-state index in [9.17, 15) is 0 Å². The highest BCUT2D eigenvalue weighted by Crippen LogP contribution is 2.36. The third-order valence-electron chi connectivity index (χ3n) is 3.70. The largest absolute Gasteiger partial charge is 0.0807 e. The van der Waals surface area contributed by atoms with Crippen LogP contribution in [0.3, 0.4) is 0 Å². The van der Waals surface area contributed by atoms with Crippen LogP contribution >= 0.6 is 0 Å². The maximum Gasteiger partial charge on any atom is -0.0152 e. The minimum Gasteiger partial charge on any atom is -0.0807 e. The molecule has 0 fully saturated rings. The summed E-state index contributed by atoms with van der Waals surface area (Å²) >= 11 is 0. The van der Waals surface area contributed by atoms with Gasteiger partial charge in [-0.25, -0.2) is 0 Å².